The maximum atomic E-state index is 14.2. The van der Waals surface area contributed by atoms with Crippen molar-refractivity contribution in [2.45, 2.75) is 50.7 Å². The van der Waals surface area contributed by atoms with Crippen LogP contribution in [-0.4, -0.2) is 39.9 Å². The number of carboxylic acid groups (broad SMARTS) is 1. The van der Waals surface area contributed by atoms with Crippen LogP contribution in [0.15, 0.2) is 127 Å². The number of hydrogen-bond donors (Lipinski definition) is 3. The van der Waals surface area contributed by atoms with E-state index in [1.165, 1.54) is 0 Å². The Bertz CT molecular complexity index is 2770. The molecular formula is C49H37Cl2N5O6. The number of benzene rings is 6. The molecule has 6 aromatic rings. The summed E-state index contributed by atoms with van der Waals surface area (Å²) in [7, 11) is 0. The molecule has 2 heterocycles. The fourth-order valence-corrected chi connectivity index (χ4v) is 8.00. The fraction of sp³-hybridized carbons (Fsp3) is 0.163. The van der Waals surface area contributed by atoms with Crippen LogP contribution < -0.4 is 20.1 Å². The minimum atomic E-state index is -1.23. The number of hydrogen-bond acceptors (Lipinski definition) is 8. The summed E-state index contributed by atoms with van der Waals surface area (Å²) < 4.78 is 12.3. The van der Waals surface area contributed by atoms with Gasteiger partial charge >= 0.3 is 5.97 Å². The highest BCUT2D eigenvalue weighted by Gasteiger charge is 2.37. The molecule has 0 bridgehead atoms. The first kappa shape index (κ1) is 41.6. The molecule has 3 atom stereocenters. The number of fused-ring (bicyclic) bond motifs is 2. The van der Waals surface area contributed by atoms with Gasteiger partial charge in [-0.05, 0) is 100.0 Å². The van der Waals surface area contributed by atoms with Gasteiger partial charge in [0.15, 0.2) is 0 Å². The highest BCUT2D eigenvalue weighted by atomic mass is 35.5. The van der Waals surface area contributed by atoms with E-state index in [9.17, 15) is 24.8 Å². The van der Waals surface area contributed by atoms with Crippen molar-refractivity contribution in [3.8, 4) is 34.8 Å². The SMILES string of the molecule is N#Cc1ccc(-c2ccc(CC(NC(=O)[C@@H]3Cc4cc5c(cc4CN3Cc3ccccc3C#N)O[C@@H](c3ccc(OCc4ccc(Cl)c(Cl)c4)cc3)C(=O)N5)C(=O)O)cc2)cc1. The van der Waals surface area contributed by atoms with Crippen LogP contribution in [0.1, 0.15) is 50.6 Å². The van der Waals surface area contributed by atoms with Crippen LogP contribution in [-0.2, 0) is 46.9 Å². The summed E-state index contributed by atoms with van der Waals surface area (Å²) in [6.07, 6.45) is -0.690. The number of halogens is 2. The summed E-state index contributed by atoms with van der Waals surface area (Å²) in [5.41, 5.74) is 7.86. The summed E-state index contributed by atoms with van der Waals surface area (Å²) in [6, 6.07) is 40.1. The van der Waals surface area contributed by atoms with Crippen LogP contribution in [0.2, 0.25) is 10.0 Å². The Balaban J connectivity index is 0.995. The Morgan fingerprint density at radius 1 is 0.855 bits per heavy atom. The topological polar surface area (TPSA) is 165 Å². The lowest BCUT2D eigenvalue weighted by atomic mass is 9.91. The number of ether oxygens (including phenoxy) is 2. The molecule has 8 rings (SSSR count). The highest BCUT2D eigenvalue weighted by Crippen LogP contribution is 2.40. The second kappa shape index (κ2) is 18.2. The molecule has 6 aromatic carbocycles. The van der Waals surface area contributed by atoms with Gasteiger partial charge in [0.2, 0.25) is 12.0 Å². The Hall–Kier alpha value is -7.15. The smallest absolute Gasteiger partial charge is 0.326 e. The monoisotopic (exact) mass is 861 g/mol. The number of amides is 2. The molecule has 62 heavy (non-hydrogen) atoms. The Labute approximate surface area is 367 Å². The van der Waals surface area contributed by atoms with Crippen molar-refractivity contribution >= 4 is 46.7 Å². The normalized spacial score (nSPS) is 16.0. The number of nitrogens with one attached hydrogen (secondary N) is 2. The molecule has 0 aromatic heterocycles. The van der Waals surface area contributed by atoms with Gasteiger partial charge in [-0.2, -0.15) is 10.5 Å². The van der Waals surface area contributed by atoms with Gasteiger partial charge in [-0.25, -0.2) is 4.79 Å². The number of rotatable bonds is 12. The minimum absolute atomic E-state index is 0.0435. The van der Waals surface area contributed by atoms with E-state index >= 15 is 0 Å². The van der Waals surface area contributed by atoms with Crippen molar-refractivity contribution in [2.75, 3.05) is 5.32 Å². The molecule has 2 amide bonds. The molecule has 2 aliphatic rings. The van der Waals surface area contributed by atoms with Crippen LogP contribution in [0.5, 0.6) is 11.5 Å². The van der Waals surface area contributed by atoms with Crippen LogP contribution in [0.4, 0.5) is 5.69 Å². The zero-order valence-electron chi connectivity index (χ0n) is 33.0. The highest BCUT2D eigenvalue weighted by molar-refractivity contribution is 6.42. The molecule has 0 fully saturated rings. The number of anilines is 1. The zero-order valence-corrected chi connectivity index (χ0v) is 34.5. The molecule has 0 radical (unpaired) electrons. The quantitative estimate of drug-likeness (QED) is 0.109. The van der Waals surface area contributed by atoms with E-state index in [-0.39, 0.29) is 38.4 Å². The molecule has 3 N–H and O–H groups in total. The lowest BCUT2D eigenvalue weighted by Gasteiger charge is -2.38. The maximum absolute atomic E-state index is 14.2. The molecule has 1 unspecified atom stereocenters. The second-order valence-corrected chi connectivity index (χ2v) is 15.9. The molecule has 2 aliphatic heterocycles. The minimum Gasteiger partial charge on any atom is -0.489 e. The molecule has 11 nitrogen and oxygen atoms in total. The lowest BCUT2D eigenvalue weighted by molar-refractivity contribution is -0.142. The third-order valence-corrected chi connectivity index (χ3v) is 11.8. The Morgan fingerprint density at radius 2 is 1.56 bits per heavy atom. The molecule has 13 heteroatoms. The maximum Gasteiger partial charge on any atom is 0.326 e. The molecule has 0 saturated carbocycles. The van der Waals surface area contributed by atoms with Gasteiger partial charge in [-0.15, -0.1) is 0 Å². The first-order chi connectivity index (χ1) is 30.0. The number of carboxylic acids is 1. The summed E-state index contributed by atoms with van der Waals surface area (Å²) >= 11 is 12.2. The van der Waals surface area contributed by atoms with Crippen molar-refractivity contribution in [1.29, 1.82) is 10.5 Å². The summed E-state index contributed by atoms with van der Waals surface area (Å²) in [5, 5.41) is 36.0. The molecule has 308 valence electrons. The lowest BCUT2D eigenvalue weighted by Crippen LogP contribution is -2.54. The van der Waals surface area contributed by atoms with E-state index in [0.717, 1.165) is 33.4 Å². The van der Waals surface area contributed by atoms with Gasteiger partial charge in [-0.1, -0.05) is 96.0 Å². The van der Waals surface area contributed by atoms with Gasteiger partial charge in [0.25, 0.3) is 5.91 Å². The van der Waals surface area contributed by atoms with Gasteiger partial charge in [-0.3, -0.25) is 14.5 Å². The van der Waals surface area contributed by atoms with Crippen molar-refractivity contribution in [1.82, 2.24) is 10.2 Å². The average molecular weight is 863 g/mol. The Morgan fingerprint density at radius 3 is 2.26 bits per heavy atom. The van der Waals surface area contributed by atoms with Gasteiger partial charge in [0, 0.05) is 25.1 Å². The predicted molar refractivity (Wildman–Crippen MR) is 233 cm³/mol. The standard InChI is InChI=1S/C49H37Cl2N5O6/c50-40-18-9-31(19-41(40)51)28-61-39-16-14-34(15-17-39)46-48(58)54-42-21-37-22-44(56(27-38(37)23-45(42)62-46)26-36-4-2-1-3-35(36)25-53)47(57)55-43(49(59)60)20-29-5-10-32(11-6-29)33-12-7-30(24-52)8-13-33/h1-19,21,23,43-44,46H,20,22,26-28H2,(H,54,58)(H,55,57)(H,59,60)/t43?,44-,46-/m0/s1. The van der Waals surface area contributed by atoms with E-state index < -0.39 is 30.1 Å². The summed E-state index contributed by atoms with van der Waals surface area (Å²) in [4.78, 5) is 42.2. The van der Waals surface area contributed by atoms with Crippen molar-refractivity contribution < 1.29 is 29.0 Å². The fourth-order valence-electron chi connectivity index (χ4n) is 7.68. The number of nitrogens with zero attached hydrogens (tertiary/aromatic N) is 3. The number of carbonyl (C=O) groups is 3. The van der Waals surface area contributed by atoms with E-state index in [4.69, 9.17) is 37.9 Å². The largest absolute Gasteiger partial charge is 0.489 e. The van der Waals surface area contributed by atoms with E-state index in [1.807, 2.05) is 71.6 Å². The first-order valence-corrected chi connectivity index (χ1v) is 20.5. The van der Waals surface area contributed by atoms with Crippen molar-refractivity contribution in [2.24, 2.45) is 0 Å². The molecule has 0 spiro atoms. The van der Waals surface area contributed by atoms with E-state index in [2.05, 4.69) is 22.8 Å². The molecule has 0 saturated heterocycles. The van der Waals surface area contributed by atoms with Gasteiger partial charge in [0.05, 0.1) is 45.0 Å². The predicted octanol–water partition coefficient (Wildman–Crippen LogP) is 8.79. The number of aliphatic carboxylic acids is 1. The zero-order chi connectivity index (χ0) is 43.3. The first-order valence-electron chi connectivity index (χ1n) is 19.7. The molecular weight excluding hydrogens is 825 g/mol. The Kier molecular flexibility index (Phi) is 12.2. The average Bonchev–Trinajstić information content (AvgIpc) is 3.28. The van der Waals surface area contributed by atoms with E-state index in [1.54, 1.807) is 60.7 Å². The van der Waals surface area contributed by atoms with Crippen molar-refractivity contribution in [3.63, 3.8) is 0 Å². The van der Waals surface area contributed by atoms with Crippen LogP contribution >= 0.6 is 23.2 Å². The van der Waals surface area contributed by atoms with Gasteiger partial charge < -0.3 is 25.2 Å². The van der Waals surface area contributed by atoms with Crippen LogP contribution in [0.25, 0.3) is 11.1 Å². The van der Waals surface area contributed by atoms with Crippen LogP contribution in [0, 0.1) is 22.7 Å². The number of carbonyl (C=O) groups excluding carboxylic acids is 2. The summed E-state index contributed by atoms with van der Waals surface area (Å²) in [5.74, 6) is -0.970. The molecule has 0 aliphatic carbocycles. The van der Waals surface area contributed by atoms with E-state index in [0.29, 0.717) is 49.5 Å². The number of nitriles is 2. The second-order valence-electron chi connectivity index (χ2n) is 15.1. The van der Waals surface area contributed by atoms with Crippen LogP contribution in [0.3, 0.4) is 0 Å². The summed E-state index contributed by atoms with van der Waals surface area (Å²) in [6.45, 7) is 0.794. The third-order valence-electron chi connectivity index (χ3n) is 11.0. The third kappa shape index (κ3) is 9.26. The van der Waals surface area contributed by atoms with Crippen molar-refractivity contribution in [3.05, 3.63) is 182 Å². The van der Waals surface area contributed by atoms with Gasteiger partial charge in [0.1, 0.15) is 24.1 Å².